The Morgan fingerprint density at radius 3 is 3.16 bits per heavy atom. The molecule has 6 nitrogen and oxygen atoms in total. The predicted molar refractivity (Wildman–Crippen MR) is 67.6 cm³/mol. The lowest BCUT2D eigenvalue weighted by Crippen LogP contribution is -2.24. The maximum absolute atomic E-state index is 12.0. The van der Waals surface area contributed by atoms with Crippen LogP contribution < -0.4 is 5.32 Å². The Kier molecular flexibility index (Phi) is 2.75. The number of hydrogen-bond donors (Lipinski definition) is 1. The van der Waals surface area contributed by atoms with Crippen LogP contribution in [0.25, 0.3) is 5.65 Å². The first-order valence-corrected chi connectivity index (χ1v) is 5.86. The first-order valence-electron chi connectivity index (χ1n) is 5.86. The second-order valence-corrected chi connectivity index (χ2v) is 4.15. The monoisotopic (exact) mass is 256 g/mol. The normalized spacial score (nSPS) is 10.8. The minimum Gasteiger partial charge on any atom is -0.467 e. The molecule has 0 fully saturated rings. The van der Waals surface area contributed by atoms with Crippen molar-refractivity contribution in [1.82, 2.24) is 19.9 Å². The fraction of sp³-hybridized carbons (Fsp3) is 0.154. The van der Waals surface area contributed by atoms with E-state index in [9.17, 15) is 4.79 Å². The van der Waals surface area contributed by atoms with Gasteiger partial charge >= 0.3 is 0 Å². The largest absolute Gasteiger partial charge is 0.467 e. The second-order valence-electron chi connectivity index (χ2n) is 4.15. The number of aryl methyl sites for hydroxylation is 1. The highest BCUT2D eigenvalue weighted by molar-refractivity contribution is 5.92. The van der Waals surface area contributed by atoms with E-state index in [2.05, 4.69) is 15.4 Å². The average molecular weight is 256 g/mol. The van der Waals surface area contributed by atoms with E-state index in [0.717, 1.165) is 5.69 Å². The molecule has 6 heteroatoms. The Hall–Kier alpha value is -2.63. The fourth-order valence-corrected chi connectivity index (χ4v) is 1.85. The summed E-state index contributed by atoms with van der Waals surface area (Å²) in [5.41, 5.74) is 1.89. The van der Waals surface area contributed by atoms with E-state index in [1.807, 2.05) is 6.92 Å². The summed E-state index contributed by atoms with van der Waals surface area (Å²) in [6, 6.07) is 7.05. The molecule has 0 saturated heterocycles. The van der Waals surface area contributed by atoms with Gasteiger partial charge in [0, 0.05) is 11.8 Å². The lowest BCUT2D eigenvalue weighted by molar-refractivity contribution is 0.0943. The summed E-state index contributed by atoms with van der Waals surface area (Å²) in [5, 5.41) is 6.87. The highest BCUT2D eigenvalue weighted by Gasteiger charge is 2.11. The van der Waals surface area contributed by atoms with Crippen LogP contribution in [0.4, 0.5) is 0 Å². The maximum Gasteiger partial charge on any atom is 0.270 e. The van der Waals surface area contributed by atoms with Crippen molar-refractivity contribution in [3.05, 3.63) is 53.9 Å². The van der Waals surface area contributed by atoms with Gasteiger partial charge in [0.15, 0.2) is 5.65 Å². The summed E-state index contributed by atoms with van der Waals surface area (Å²) in [5.74, 6) is 0.471. The van der Waals surface area contributed by atoms with E-state index in [1.54, 1.807) is 41.2 Å². The number of carbonyl (C=O) groups is 1. The van der Waals surface area contributed by atoms with Crippen LogP contribution in [0, 0.1) is 6.92 Å². The van der Waals surface area contributed by atoms with Gasteiger partial charge < -0.3 is 9.73 Å². The van der Waals surface area contributed by atoms with Gasteiger partial charge in [-0.25, -0.2) is 9.50 Å². The van der Waals surface area contributed by atoms with Gasteiger partial charge in [0.05, 0.1) is 19.0 Å². The summed E-state index contributed by atoms with van der Waals surface area (Å²) >= 11 is 0. The van der Waals surface area contributed by atoms with E-state index in [4.69, 9.17) is 4.42 Å². The number of amides is 1. The number of aromatic nitrogens is 3. The zero-order valence-corrected chi connectivity index (χ0v) is 10.3. The van der Waals surface area contributed by atoms with Crippen LogP contribution in [-0.4, -0.2) is 20.5 Å². The molecule has 0 saturated carbocycles. The van der Waals surface area contributed by atoms with Gasteiger partial charge in [-0.15, -0.1) is 0 Å². The Morgan fingerprint density at radius 1 is 1.47 bits per heavy atom. The quantitative estimate of drug-likeness (QED) is 0.771. The standard InChI is InChI=1S/C13H12N4O2/c1-9-7-11(16-12-4-5-15-17(9)12)13(18)14-8-10-3-2-6-19-10/h2-7H,8H2,1H3,(H,14,18). The van der Waals surface area contributed by atoms with Gasteiger partial charge in [0.25, 0.3) is 5.91 Å². The summed E-state index contributed by atoms with van der Waals surface area (Å²) in [6.07, 6.45) is 3.22. The van der Waals surface area contributed by atoms with Crippen molar-refractivity contribution >= 4 is 11.6 Å². The van der Waals surface area contributed by atoms with Crippen LogP contribution in [0.15, 0.2) is 41.1 Å². The number of nitrogens with zero attached hydrogens (tertiary/aromatic N) is 3. The van der Waals surface area contributed by atoms with Crippen LogP contribution in [0.1, 0.15) is 21.9 Å². The topological polar surface area (TPSA) is 72.4 Å². The van der Waals surface area contributed by atoms with Gasteiger partial charge in [0.1, 0.15) is 11.5 Å². The molecular formula is C13H12N4O2. The van der Waals surface area contributed by atoms with Crippen LogP contribution >= 0.6 is 0 Å². The van der Waals surface area contributed by atoms with Crippen LogP contribution in [-0.2, 0) is 6.54 Å². The molecule has 19 heavy (non-hydrogen) atoms. The average Bonchev–Trinajstić information content (AvgIpc) is 3.06. The summed E-state index contributed by atoms with van der Waals surface area (Å²) in [6.45, 7) is 2.22. The van der Waals surface area contributed by atoms with Gasteiger partial charge in [-0.2, -0.15) is 5.10 Å². The highest BCUT2D eigenvalue weighted by atomic mass is 16.3. The molecule has 3 aromatic heterocycles. The number of furan rings is 1. The zero-order chi connectivity index (χ0) is 13.2. The van der Waals surface area contributed by atoms with Crippen molar-refractivity contribution in [3.63, 3.8) is 0 Å². The Balaban J connectivity index is 1.81. The molecule has 0 unspecified atom stereocenters. The Labute approximate surface area is 109 Å². The van der Waals surface area contributed by atoms with Crippen molar-refractivity contribution < 1.29 is 9.21 Å². The van der Waals surface area contributed by atoms with Crippen LogP contribution in [0.5, 0.6) is 0 Å². The SMILES string of the molecule is Cc1cc(C(=O)NCc2ccco2)nc2ccnn12. The van der Waals surface area contributed by atoms with Crippen molar-refractivity contribution in [2.75, 3.05) is 0 Å². The lowest BCUT2D eigenvalue weighted by atomic mass is 10.3. The first-order chi connectivity index (χ1) is 9.24. The van der Waals surface area contributed by atoms with Gasteiger partial charge in [-0.3, -0.25) is 4.79 Å². The number of fused-ring (bicyclic) bond motifs is 1. The molecule has 3 rings (SSSR count). The third kappa shape index (κ3) is 2.20. The number of rotatable bonds is 3. The molecular weight excluding hydrogens is 244 g/mol. The van der Waals surface area contributed by atoms with Gasteiger partial charge in [-0.1, -0.05) is 0 Å². The molecule has 3 aromatic rings. The Bertz CT molecular complexity index is 715. The van der Waals surface area contributed by atoms with Gasteiger partial charge in [-0.05, 0) is 25.1 Å². The number of carbonyl (C=O) groups excluding carboxylic acids is 1. The molecule has 0 atom stereocenters. The predicted octanol–water partition coefficient (Wildman–Crippen LogP) is 1.56. The van der Waals surface area contributed by atoms with E-state index in [-0.39, 0.29) is 5.91 Å². The van der Waals surface area contributed by atoms with Crippen molar-refractivity contribution in [1.29, 1.82) is 0 Å². The van der Waals surface area contributed by atoms with Gasteiger partial charge in [0.2, 0.25) is 0 Å². The smallest absolute Gasteiger partial charge is 0.270 e. The van der Waals surface area contributed by atoms with E-state index in [0.29, 0.717) is 23.6 Å². The highest BCUT2D eigenvalue weighted by Crippen LogP contribution is 2.07. The minimum absolute atomic E-state index is 0.233. The second kappa shape index (κ2) is 4.56. The summed E-state index contributed by atoms with van der Waals surface area (Å²) in [7, 11) is 0. The fourth-order valence-electron chi connectivity index (χ4n) is 1.85. The zero-order valence-electron chi connectivity index (χ0n) is 10.3. The third-order valence-electron chi connectivity index (χ3n) is 2.77. The molecule has 0 aliphatic rings. The van der Waals surface area contributed by atoms with Crippen LogP contribution in [0.3, 0.4) is 0 Å². The Morgan fingerprint density at radius 2 is 2.37 bits per heavy atom. The molecule has 96 valence electrons. The van der Waals surface area contributed by atoms with E-state index >= 15 is 0 Å². The number of nitrogens with one attached hydrogen (secondary N) is 1. The third-order valence-corrected chi connectivity index (χ3v) is 2.77. The van der Waals surface area contributed by atoms with Crippen molar-refractivity contribution in [2.45, 2.75) is 13.5 Å². The van der Waals surface area contributed by atoms with Crippen molar-refractivity contribution in [2.24, 2.45) is 0 Å². The number of hydrogen-bond acceptors (Lipinski definition) is 4. The van der Waals surface area contributed by atoms with Crippen molar-refractivity contribution in [3.8, 4) is 0 Å². The molecule has 3 heterocycles. The summed E-state index contributed by atoms with van der Waals surface area (Å²) < 4.78 is 6.84. The van der Waals surface area contributed by atoms with Crippen LogP contribution in [0.2, 0.25) is 0 Å². The molecule has 0 aliphatic carbocycles. The minimum atomic E-state index is -0.233. The van der Waals surface area contributed by atoms with E-state index in [1.165, 1.54) is 0 Å². The molecule has 1 N–H and O–H groups in total. The first kappa shape index (κ1) is 11.5. The molecule has 0 bridgehead atoms. The molecule has 1 amide bonds. The lowest BCUT2D eigenvalue weighted by Gasteiger charge is -2.05. The maximum atomic E-state index is 12.0. The molecule has 0 radical (unpaired) electrons. The summed E-state index contributed by atoms with van der Waals surface area (Å²) in [4.78, 5) is 16.3. The molecule has 0 spiro atoms. The molecule has 0 aromatic carbocycles. The van der Waals surface area contributed by atoms with E-state index < -0.39 is 0 Å². The molecule has 0 aliphatic heterocycles.